The van der Waals surface area contributed by atoms with Crippen LogP contribution in [0.25, 0.3) is 0 Å². The lowest BCUT2D eigenvalue weighted by Gasteiger charge is -2.24. The Bertz CT molecular complexity index is 348. The highest BCUT2D eigenvalue weighted by Crippen LogP contribution is 2.16. The summed E-state index contributed by atoms with van der Waals surface area (Å²) in [4.78, 5) is 24.7. The average molecular weight is 239 g/mol. The molecule has 0 bridgehead atoms. The highest BCUT2D eigenvalue weighted by atomic mass is 16.5. The molecule has 0 fully saturated rings. The van der Waals surface area contributed by atoms with Crippen molar-refractivity contribution in [1.82, 2.24) is 4.90 Å². The molecular formula is C12H17NO4. The Balaban J connectivity index is 2.68. The monoisotopic (exact) mass is 239 g/mol. The Morgan fingerprint density at radius 2 is 2.24 bits per heavy atom. The van der Waals surface area contributed by atoms with Crippen LogP contribution in [0.4, 0.5) is 0 Å². The van der Waals surface area contributed by atoms with Gasteiger partial charge in [-0.2, -0.15) is 0 Å². The summed E-state index contributed by atoms with van der Waals surface area (Å²) in [6, 6.07) is -0.596. The van der Waals surface area contributed by atoms with E-state index in [1.54, 1.807) is 6.08 Å². The summed E-state index contributed by atoms with van der Waals surface area (Å²) in [7, 11) is 2.61. The SMILES string of the molecule is C=CC1=CCN(C(CC(=O)OC)C(=O)OC)C1. The van der Waals surface area contributed by atoms with Crippen LogP contribution < -0.4 is 0 Å². The second kappa shape index (κ2) is 6.20. The van der Waals surface area contributed by atoms with Gasteiger partial charge in [-0.05, 0) is 5.57 Å². The van der Waals surface area contributed by atoms with Gasteiger partial charge < -0.3 is 9.47 Å². The Morgan fingerprint density at radius 1 is 1.53 bits per heavy atom. The van der Waals surface area contributed by atoms with E-state index in [2.05, 4.69) is 11.3 Å². The molecule has 0 N–H and O–H groups in total. The largest absolute Gasteiger partial charge is 0.469 e. The number of hydrogen-bond donors (Lipinski definition) is 0. The number of rotatable bonds is 5. The van der Waals surface area contributed by atoms with Gasteiger partial charge in [-0.25, -0.2) is 0 Å². The standard InChI is InChI=1S/C12H17NO4/c1-4-9-5-6-13(8-9)10(12(15)17-3)7-11(14)16-2/h4-5,10H,1,6-8H2,2-3H3. The normalized spacial score (nSPS) is 17.2. The number of carbonyl (C=O) groups is 2. The van der Waals surface area contributed by atoms with Crippen molar-refractivity contribution >= 4 is 11.9 Å². The Kier molecular flexibility index (Phi) is 4.90. The molecule has 94 valence electrons. The molecule has 0 saturated heterocycles. The molecule has 1 aliphatic heterocycles. The highest BCUT2D eigenvalue weighted by Gasteiger charge is 2.31. The molecule has 0 aromatic rings. The van der Waals surface area contributed by atoms with Gasteiger partial charge >= 0.3 is 11.9 Å². The van der Waals surface area contributed by atoms with Crippen LogP contribution >= 0.6 is 0 Å². The van der Waals surface area contributed by atoms with Gasteiger partial charge in [0.1, 0.15) is 6.04 Å². The van der Waals surface area contributed by atoms with Gasteiger partial charge in [-0.1, -0.05) is 18.7 Å². The number of esters is 2. The number of hydrogen-bond acceptors (Lipinski definition) is 5. The fraction of sp³-hybridized carbons (Fsp3) is 0.500. The first-order valence-electron chi connectivity index (χ1n) is 5.32. The van der Waals surface area contributed by atoms with E-state index in [0.717, 1.165) is 5.57 Å². The zero-order valence-corrected chi connectivity index (χ0v) is 10.1. The van der Waals surface area contributed by atoms with Gasteiger partial charge in [-0.3, -0.25) is 14.5 Å². The zero-order valence-electron chi connectivity index (χ0n) is 10.1. The third kappa shape index (κ3) is 3.42. The second-order valence-electron chi connectivity index (χ2n) is 3.73. The van der Waals surface area contributed by atoms with Gasteiger partial charge in [0, 0.05) is 13.1 Å². The Hall–Kier alpha value is -1.62. The summed E-state index contributed by atoms with van der Waals surface area (Å²) in [5.74, 6) is -0.846. The van der Waals surface area contributed by atoms with E-state index in [9.17, 15) is 9.59 Å². The van der Waals surface area contributed by atoms with E-state index in [1.807, 2.05) is 11.0 Å². The molecule has 5 heteroatoms. The minimum Gasteiger partial charge on any atom is -0.469 e. The molecule has 0 saturated carbocycles. The molecule has 0 aliphatic carbocycles. The summed E-state index contributed by atoms with van der Waals surface area (Å²) in [6.45, 7) is 4.88. The molecule has 0 radical (unpaired) electrons. The number of methoxy groups -OCH3 is 2. The summed E-state index contributed by atoms with van der Waals surface area (Å²) in [6.07, 6.45) is 3.72. The predicted molar refractivity (Wildman–Crippen MR) is 62.3 cm³/mol. The molecule has 1 rings (SSSR count). The third-order valence-electron chi connectivity index (χ3n) is 2.74. The molecule has 1 unspecified atom stereocenters. The van der Waals surface area contributed by atoms with Gasteiger partial charge in [0.05, 0.1) is 20.6 Å². The van der Waals surface area contributed by atoms with Crippen molar-refractivity contribution in [2.45, 2.75) is 12.5 Å². The maximum Gasteiger partial charge on any atom is 0.323 e. The van der Waals surface area contributed by atoms with Crippen molar-refractivity contribution in [2.24, 2.45) is 0 Å². The number of nitrogens with zero attached hydrogens (tertiary/aromatic N) is 1. The summed E-state index contributed by atoms with van der Waals surface area (Å²) in [5.41, 5.74) is 1.05. The number of carbonyl (C=O) groups excluding carboxylic acids is 2. The molecule has 5 nitrogen and oxygen atoms in total. The van der Waals surface area contributed by atoms with Crippen molar-refractivity contribution < 1.29 is 19.1 Å². The van der Waals surface area contributed by atoms with Crippen LogP contribution in [0.5, 0.6) is 0 Å². The first-order chi connectivity index (χ1) is 8.12. The van der Waals surface area contributed by atoms with Gasteiger partial charge in [-0.15, -0.1) is 0 Å². The van der Waals surface area contributed by atoms with E-state index in [0.29, 0.717) is 13.1 Å². The van der Waals surface area contributed by atoms with Crippen LogP contribution in [-0.4, -0.2) is 50.2 Å². The zero-order chi connectivity index (χ0) is 12.8. The van der Waals surface area contributed by atoms with Crippen LogP contribution in [0.3, 0.4) is 0 Å². The van der Waals surface area contributed by atoms with Crippen LogP contribution in [0, 0.1) is 0 Å². The molecule has 0 aromatic heterocycles. The Morgan fingerprint density at radius 3 is 2.71 bits per heavy atom. The van der Waals surface area contributed by atoms with Crippen molar-refractivity contribution in [2.75, 3.05) is 27.3 Å². The molecule has 1 atom stereocenters. The smallest absolute Gasteiger partial charge is 0.323 e. The molecule has 1 aliphatic rings. The van der Waals surface area contributed by atoms with Crippen molar-refractivity contribution in [3.05, 3.63) is 24.3 Å². The van der Waals surface area contributed by atoms with Crippen molar-refractivity contribution in [3.8, 4) is 0 Å². The molecule has 0 spiro atoms. The maximum atomic E-state index is 11.6. The topological polar surface area (TPSA) is 55.8 Å². The van der Waals surface area contributed by atoms with Crippen LogP contribution in [-0.2, 0) is 19.1 Å². The summed E-state index contributed by atoms with van der Waals surface area (Å²) >= 11 is 0. The molecular weight excluding hydrogens is 222 g/mol. The van der Waals surface area contributed by atoms with E-state index < -0.39 is 18.0 Å². The lowest BCUT2D eigenvalue weighted by molar-refractivity contribution is -0.153. The van der Waals surface area contributed by atoms with Gasteiger partial charge in [0.2, 0.25) is 0 Å². The molecule has 1 heterocycles. The predicted octanol–water partition coefficient (Wildman–Crippen LogP) is 0.519. The van der Waals surface area contributed by atoms with E-state index >= 15 is 0 Å². The van der Waals surface area contributed by atoms with Crippen LogP contribution in [0.2, 0.25) is 0 Å². The fourth-order valence-corrected chi connectivity index (χ4v) is 1.72. The minimum atomic E-state index is -0.596. The number of ether oxygens (including phenoxy) is 2. The molecule has 0 amide bonds. The second-order valence-corrected chi connectivity index (χ2v) is 3.73. The van der Waals surface area contributed by atoms with Gasteiger partial charge in [0.15, 0.2) is 0 Å². The van der Waals surface area contributed by atoms with Crippen LogP contribution in [0.1, 0.15) is 6.42 Å². The lowest BCUT2D eigenvalue weighted by Crippen LogP contribution is -2.42. The van der Waals surface area contributed by atoms with Crippen LogP contribution in [0.15, 0.2) is 24.3 Å². The minimum absolute atomic E-state index is 0.00142. The van der Waals surface area contributed by atoms with Gasteiger partial charge in [0.25, 0.3) is 0 Å². The maximum absolute atomic E-state index is 11.6. The lowest BCUT2D eigenvalue weighted by atomic mass is 10.1. The van der Waals surface area contributed by atoms with Crippen molar-refractivity contribution in [1.29, 1.82) is 0 Å². The fourth-order valence-electron chi connectivity index (χ4n) is 1.72. The Labute approximate surface area is 101 Å². The molecule has 17 heavy (non-hydrogen) atoms. The summed E-state index contributed by atoms with van der Waals surface area (Å²) in [5, 5.41) is 0. The molecule has 0 aromatic carbocycles. The van der Waals surface area contributed by atoms with E-state index in [1.165, 1.54) is 14.2 Å². The first-order valence-corrected chi connectivity index (χ1v) is 5.32. The first kappa shape index (κ1) is 13.4. The van der Waals surface area contributed by atoms with E-state index in [-0.39, 0.29) is 6.42 Å². The van der Waals surface area contributed by atoms with E-state index in [4.69, 9.17) is 4.74 Å². The highest BCUT2D eigenvalue weighted by molar-refractivity contribution is 5.82. The third-order valence-corrected chi connectivity index (χ3v) is 2.74. The average Bonchev–Trinajstić information content (AvgIpc) is 2.83. The summed E-state index contributed by atoms with van der Waals surface area (Å²) < 4.78 is 9.28. The van der Waals surface area contributed by atoms with Crippen molar-refractivity contribution in [3.63, 3.8) is 0 Å². The quantitative estimate of drug-likeness (QED) is 0.655.